The molecule has 0 atom stereocenters. The molecular weight excluding hydrogens is 242 g/mol. The quantitative estimate of drug-likeness (QED) is 0.889. The summed E-state index contributed by atoms with van der Waals surface area (Å²) in [6.07, 6.45) is 0. The van der Waals surface area contributed by atoms with E-state index in [1.807, 2.05) is 31.9 Å². The van der Waals surface area contributed by atoms with Crippen molar-refractivity contribution in [2.45, 2.75) is 39.8 Å². The number of ether oxygens (including phenoxy) is 1. The van der Waals surface area contributed by atoms with Crippen molar-refractivity contribution >= 4 is 5.97 Å². The van der Waals surface area contributed by atoms with Crippen molar-refractivity contribution in [3.05, 3.63) is 28.8 Å². The zero-order valence-electron chi connectivity index (χ0n) is 12.6. The Morgan fingerprint density at radius 1 is 1.37 bits per heavy atom. The van der Waals surface area contributed by atoms with E-state index in [-0.39, 0.29) is 0 Å². The molecule has 0 saturated carbocycles. The first-order valence-corrected chi connectivity index (χ1v) is 6.29. The summed E-state index contributed by atoms with van der Waals surface area (Å²) in [7, 11) is 3.45. The second-order valence-corrected chi connectivity index (χ2v) is 5.48. The maximum atomic E-state index is 11.3. The number of benzene rings is 1. The number of methoxy groups -OCH3 is 1. The first kappa shape index (κ1) is 15.5. The minimum atomic E-state index is -0.914. The van der Waals surface area contributed by atoms with E-state index in [9.17, 15) is 9.90 Å². The maximum absolute atomic E-state index is 11.3. The van der Waals surface area contributed by atoms with E-state index in [1.165, 1.54) is 0 Å². The van der Waals surface area contributed by atoms with Crippen LogP contribution in [0.3, 0.4) is 0 Å². The van der Waals surface area contributed by atoms with Gasteiger partial charge in [0.1, 0.15) is 11.3 Å². The van der Waals surface area contributed by atoms with Crippen molar-refractivity contribution < 1.29 is 14.6 Å². The number of aliphatic carboxylic acids is 1. The average molecular weight is 265 g/mol. The molecule has 1 aromatic rings. The Hall–Kier alpha value is -1.55. The first-order valence-electron chi connectivity index (χ1n) is 6.29. The highest BCUT2D eigenvalue weighted by Crippen LogP contribution is 2.27. The van der Waals surface area contributed by atoms with E-state index in [1.54, 1.807) is 21.0 Å². The van der Waals surface area contributed by atoms with Crippen molar-refractivity contribution in [2.24, 2.45) is 0 Å². The molecule has 0 heterocycles. The fourth-order valence-corrected chi connectivity index (χ4v) is 1.94. The number of carboxylic acid groups (broad SMARTS) is 1. The Kier molecular flexibility index (Phi) is 4.58. The van der Waals surface area contributed by atoms with Crippen LogP contribution in [0.4, 0.5) is 0 Å². The molecule has 4 heteroatoms. The molecule has 1 rings (SSSR count). The molecule has 1 aromatic carbocycles. The third kappa shape index (κ3) is 3.26. The van der Waals surface area contributed by atoms with Gasteiger partial charge in [0, 0.05) is 12.1 Å². The second-order valence-electron chi connectivity index (χ2n) is 5.48. The molecule has 0 spiro atoms. The van der Waals surface area contributed by atoms with Crippen molar-refractivity contribution in [2.75, 3.05) is 14.2 Å². The molecule has 106 valence electrons. The number of hydrogen-bond donors (Lipinski definition) is 1. The number of likely N-dealkylation sites (N-methyl/N-ethyl adjacent to an activating group) is 1. The van der Waals surface area contributed by atoms with Crippen molar-refractivity contribution in [1.82, 2.24) is 4.90 Å². The molecule has 0 amide bonds. The summed E-state index contributed by atoms with van der Waals surface area (Å²) in [6, 6.07) is 4.06. The highest BCUT2D eigenvalue weighted by atomic mass is 16.5. The Bertz CT molecular complexity index is 481. The van der Waals surface area contributed by atoms with Gasteiger partial charge in [0.15, 0.2) is 0 Å². The van der Waals surface area contributed by atoms with E-state index in [2.05, 4.69) is 6.07 Å². The van der Waals surface area contributed by atoms with Gasteiger partial charge in [-0.05, 0) is 51.9 Å². The lowest BCUT2D eigenvalue weighted by Gasteiger charge is -2.32. The van der Waals surface area contributed by atoms with E-state index in [0.717, 1.165) is 22.4 Å². The van der Waals surface area contributed by atoms with E-state index in [0.29, 0.717) is 6.54 Å². The molecule has 0 aliphatic rings. The number of rotatable bonds is 5. The summed E-state index contributed by atoms with van der Waals surface area (Å²) >= 11 is 0. The van der Waals surface area contributed by atoms with Crippen molar-refractivity contribution in [3.63, 3.8) is 0 Å². The molecule has 4 nitrogen and oxygen atoms in total. The van der Waals surface area contributed by atoms with Crippen LogP contribution in [-0.4, -0.2) is 35.7 Å². The molecular formula is C15H23NO3. The monoisotopic (exact) mass is 265 g/mol. The van der Waals surface area contributed by atoms with Crippen LogP contribution in [0, 0.1) is 13.8 Å². The Morgan fingerprint density at radius 3 is 2.42 bits per heavy atom. The number of carbonyl (C=O) groups is 1. The van der Waals surface area contributed by atoms with Crippen LogP contribution < -0.4 is 4.74 Å². The fourth-order valence-electron chi connectivity index (χ4n) is 1.94. The lowest BCUT2D eigenvalue weighted by Crippen LogP contribution is -2.47. The lowest BCUT2D eigenvalue weighted by atomic mass is 9.99. The molecule has 0 saturated heterocycles. The van der Waals surface area contributed by atoms with Crippen LogP contribution in [0.1, 0.15) is 30.5 Å². The van der Waals surface area contributed by atoms with Crippen molar-refractivity contribution in [1.29, 1.82) is 0 Å². The van der Waals surface area contributed by atoms with Gasteiger partial charge in [0.05, 0.1) is 7.11 Å². The predicted octanol–water partition coefficient (Wildman–Crippen LogP) is 2.61. The summed E-state index contributed by atoms with van der Waals surface area (Å²) in [5.74, 6) is -0.0238. The van der Waals surface area contributed by atoms with Crippen LogP contribution >= 0.6 is 0 Å². The normalized spacial score (nSPS) is 11.7. The van der Waals surface area contributed by atoms with Crippen molar-refractivity contribution in [3.8, 4) is 5.75 Å². The average Bonchev–Trinajstić information content (AvgIpc) is 2.31. The van der Waals surface area contributed by atoms with Crippen LogP contribution in [-0.2, 0) is 11.3 Å². The third-order valence-electron chi connectivity index (χ3n) is 3.67. The first-order chi connectivity index (χ1) is 8.70. The molecule has 0 fully saturated rings. The van der Waals surface area contributed by atoms with Crippen LogP contribution in [0.2, 0.25) is 0 Å². The van der Waals surface area contributed by atoms with Gasteiger partial charge in [-0.2, -0.15) is 0 Å². The molecule has 0 bridgehead atoms. The molecule has 0 radical (unpaired) electrons. The zero-order chi connectivity index (χ0) is 14.8. The fraction of sp³-hybridized carbons (Fsp3) is 0.533. The van der Waals surface area contributed by atoms with Gasteiger partial charge in [0.25, 0.3) is 0 Å². The Balaban J connectivity index is 3.09. The molecule has 0 aromatic heterocycles. The van der Waals surface area contributed by atoms with Crippen LogP contribution in [0.15, 0.2) is 12.1 Å². The smallest absolute Gasteiger partial charge is 0.323 e. The van der Waals surface area contributed by atoms with Gasteiger partial charge in [-0.3, -0.25) is 9.69 Å². The summed E-state index contributed by atoms with van der Waals surface area (Å²) in [6.45, 7) is 7.97. The number of nitrogens with zero attached hydrogens (tertiary/aromatic N) is 1. The van der Waals surface area contributed by atoms with Gasteiger partial charge in [-0.25, -0.2) is 0 Å². The van der Waals surface area contributed by atoms with E-state index < -0.39 is 11.5 Å². The minimum Gasteiger partial charge on any atom is -0.496 e. The van der Waals surface area contributed by atoms with Gasteiger partial charge >= 0.3 is 5.97 Å². The predicted molar refractivity (Wildman–Crippen MR) is 75.6 cm³/mol. The van der Waals surface area contributed by atoms with Gasteiger partial charge in [-0.15, -0.1) is 0 Å². The third-order valence-corrected chi connectivity index (χ3v) is 3.67. The number of carboxylic acids is 1. The molecule has 0 aliphatic carbocycles. The Morgan fingerprint density at radius 2 is 1.95 bits per heavy atom. The molecule has 0 aliphatic heterocycles. The summed E-state index contributed by atoms with van der Waals surface area (Å²) < 4.78 is 5.41. The van der Waals surface area contributed by atoms with Crippen LogP contribution in [0.5, 0.6) is 5.75 Å². The number of aryl methyl sites for hydroxylation is 2. The number of hydrogen-bond acceptors (Lipinski definition) is 3. The SMILES string of the molecule is COc1cc(C)cc(C)c1CN(C)C(C)(C)C(=O)O. The standard InChI is InChI=1S/C15H23NO3/c1-10-7-11(2)12(13(8-10)19-6)9-16(5)15(3,4)14(17)18/h7-8H,9H2,1-6H3,(H,17,18). The highest BCUT2D eigenvalue weighted by Gasteiger charge is 2.32. The van der Waals surface area contributed by atoms with Gasteiger partial charge in [-0.1, -0.05) is 6.07 Å². The van der Waals surface area contributed by atoms with Crippen LogP contribution in [0.25, 0.3) is 0 Å². The molecule has 1 N–H and O–H groups in total. The largest absolute Gasteiger partial charge is 0.496 e. The topological polar surface area (TPSA) is 49.8 Å². The Labute approximate surface area is 115 Å². The minimum absolute atomic E-state index is 0.536. The highest BCUT2D eigenvalue weighted by molar-refractivity contribution is 5.77. The summed E-state index contributed by atoms with van der Waals surface area (Å²) in [5, 5.41) is 9.26. The van der Waals surface area contributed by atoms with E-state index >= 15 is 0 Å². The lowest BCUT2D eigenvalue weighted by molar-refractivity contribution is -0.148. The second kappa shape index (κ2) is 5.61. The molecule has 0 unspecified atom stereocenters. The summed E-state index contributed by atoms with van der Waals surface area (Å²) in [5.41, 5.74) is 2.37. The van der Waals surface area contributed by atoms with Gasteiger partial charge in [0.2, 0.25) is 0 Å². The van der Waals surface area contributed by atoms with Gasteiger partial charge < -0.3 is 9.84 Å². The molecule has 19 heavy (non-hydrogen) atoms. The zero-order valence-corrected chi connectivity index (χ0v) is 12.6. The van der Waals surface area contributed by atoms with E-state index in [4.69, 9.17) is 4.74 Å². The maximum Gasteiger partial charge on any atom is 0.323 e. The summed E-state index contributed by atoms with van der Waals surface area (Å²) in [4.78, 5) is 13.1.